The first-order chi connectivity index (χ1) is 13.9. The Kier molecular flexibility index (Phi) is 6.72. The largest absolute Gasteiger partial charge is 0.573 e. The van der Waals surface area contributed by atoms with Crippen molar-refractivity contribution in [1.29, 1.82) is 0 Å². The Morgan fingerprint density at radius 1 is 1.07 bits per heavy atom. The Bertz CT molecular complexity index is 685. The summed E-state index contributed by atoms with van der Waals surface area (Å²) in [5, 5.41) is 14.3. The van der Waals surface area contributed by atoms with Crippen LogP contribution in [-0.4, -0.2) is 42.6 Å². The van der Waals surface area contributed by atoms with Crippen molar-refractivity contribution in [2.45, 2.75) is 76.7 Å². The molecule has 1 aliphatic carbocycles. The van der Waals surface area contributed by atoms with E-state index in [1.165, 1.54) is 12.1 Å². The summed E-state index contributed by atoms with van der Waals surface area (Å²) in [6.45, 7) is 8.09. The smallest absolute Gasteiger partial charge is 0.406 e. The van der Waals surface area contributed by atoms with Crippen LogP contribution in [0.15, 0.2) is 24.3 Å². The molecule has 2 fully saturated rings. The number of halogens is 3. The van der Waals surface area contributed by atoms with Crippen molar-refractivity contribution in [1.82, 2.24) is 5.32 Å². The zero-order valence-corrected chi connectivity index (χ0v) is 17.8. The molecule has 2 aliphatic rings. The minimum atomic E-state index is -4.69. The van der Waals surface area contributed by atoms with E-state index in [2.05, 4.69) is 23.9 Å². The van der Waals surface area contributed by atoms with Crippen LogP contribution in [0, 0.1) is 5.41 Å². The minimum absolute atomic E-state index is 0.0239. The molecular formula is C22H32F3NO4. The Balaban J connectivity index is 1.43. The van der Waals surface area contributed by atoms with Crippen LogP contribution < -0.4 is 10.1 Å². The average Bonchev–Trinajstić information content (AvgIpc) is 2.66. The van der Waals surface area contributed by atoms with E-state index >= 15 is 0 Å². The maximum absolute atomic E-state index is 12.3. The molecule has 0 bridgehead atoms. The van der Waals surface area contributed by atoms with Gasteiger partial charge in [0.15, 0.2) is 5.79 Å². The van der Waals surface area contributed by atoms with Gasteiger partial charge >= 0.3 is 6.36 Å². The highest BCUT2D eigenvalue weighted by atomic mass is 19.4. The molecule has 1 atom stereocenters. The van der Waals surface area contributed by atoms with Crippen LogP contribution in [0.1, 0.15) is 64.5 Å². The summed E-state index contributed by atoms with van der Waals surface area (Å²) in [6, 6.07) is 5.77. The van der Waals surface area contributed by atoms with Crippen LogP contribution in [-0.2, 0) is 9.47 Å². The summed E-state index contributed by atoms with van der Waals surface area (Å²) in [4.78, 5) is 0. The third-order valence-corrected chi connectivity index (χ3v) is 6.05. The Morgan fingerprint density at radius 3 is 2.17 bits per heavy atom. The van der Waals surface area contributed by atoms with Crippen LogP contribution in [0.25, 0.3) is 0 Å². The van der Waals surface area contributed by atoms with E-state index in [0.29, 0.717) is 51.9 Å². The standard InChI is InChI=1S/C22H32F3NO4/c1-16(17-4-6-18(7-5-17)30-22(23,24)25)26-13-12-20(27)8-10-21(11-9-20)28-14-19(2,3)15-29-21/h4-7,16,26-27H,8-15H2,1-3H3. The maximum Gasteiger partial charge on any atom is 0.573 e. The molecule has 1 aliphatic heterocycles. The van der Waals surface area contributed by atoms with Crippen LogP contribution in [0.4, 0.5) is 13.2 Å². The van der Waals surface area contributed by atoms with E-state index < -0.39 is 17.8 Å². The molecule has 0 radical (unpaired) electrons. The lowest BCUT2D eigenvalue weighted by Crippen LogP contribution is -2.52. The first-order valence-corrected chi connectivity index (χ1v) is 10.5. The number of hydrogen-bond donors (Lipinski definition) is 2. The van der Waals surface area contributed by atoms with Crippen molar-refractivity contribution in [2.24, 2.45) is 5.41 Å². The average molecular weight is 431 g/mol. The van der Waals surface area contributed by atoms with Crippen molar-refractivity contribution in [3.05, 3.63) is 29.8 Å². The topological polar surface area (TPSA) is 60.0 Å². The summed E-state index contributed by atoms with van der Waals surface area (Å²) >= 11 is 0. The Morgan fingerprint density at radius 2 is 1.63 bits per heavy atom. The van der Waals surface area contributed by atoms with Crippen molar-refractivity contribution >= 4 is 0 Å². The molecule has 1 saturated carbocycles. The van der Waals surface area contributed by atoms with Gasteiger partial charge in [-0.1, -0.05) is 26.0 Å². The maximum atomic E-state index is 12.3. The van der Waals surface area contributed by atoms with Crippen molar-refractivity contribution in [3.63, 3.8) is 0 Å². The second-order valence-corrected chi connectivity index (χ2v) is 9.42. The molecule has 2 N–H and O–H groups in total. The first kappa shape index (κ1) is 23.3. The van der Waals surface area contributed by atoms with Gasteiger partial charge in [0.2, 0.25) is 0 Å². The molecular weight excluding hydrogens is 399 g/mol. The SMILES string of the molecule is CC(NCCC1(O)CCC2(CC1)OCC(C)(C)CO2)c1ccc(OC(F)(F)F)cc1. The zero-order valence-electron chi connectivity index (χ0n) is 17.8. The van der Waals surface area contributed by atoms with E-state index in [9.17, 15) is 18.3 Å². The fraction of sp³-hybridized carbons (Fsp3) is 0.727. The fourth-order valence-corrected chi connectivity index (χ4v) is 3.97. The molecule has 1 unspecified atom stereocenters. The lowest BCUT2D eigenvalue weighted by Gasteiger charge is -2.48. The molecule has 1 saturated heterocycles. The number of nitrogens with one attached hydrogen (secondary N) is 1. The molecule has 1 aromatic rings. The molecule has 3 rings (SSSR count). The number of alkyl halides is 3. The van der Waals surface area contributed by atoms with Gasteiger partial charge in [0, 0.05) is 24.3 Å². The summed E-state index contributed by atoms with van der Waals surface area (Å²) in [5.41, 5.74) is 0.115. The van der Waals surface area contributed by atoms with Gasteiger partial charge in [-0.15, -0.1) is 13.2 Å². The fourth-order valence-electron chi connectivity index (χ4n) is 3.97. The summed E-state index contributed by atoms with van der Waals surface area (Å²) in [7, 11) is 0. The monoisotopic (exact) mass is 431 g/mol. The molecule has 0 amide bonds. The van der Waals surface area contributed by atoms with Crippen LogP contribution in [0.5, 0.6) is 5.75 Å². The van der Waals surface area contributed by atoms with Crippen molar-refractivity contribution < 1.29 is 32.5 Å². The minimum Gasteiger partial charge on any atom is -0.406 e. The van der Waals surface area contributed by atoms with Crippen LogP contribution in [0.3, 0.4) is 0 Å². The van der Waals surface area contributed by atoms with Gasteiger partial charge in [-0.3, -0.25) is 0 Å². The highest BCUT2D eigenvalue weighted by Crippen LogP contribution is 2.43. The molecule has 1 aromatic carbocycles. The predicted octanol–water partition coefficient (Wildman–Crippen LogP) is 4.70. The highest BCUT2D eigenvalue weighted by Gasteiger charge is 2.46. The van der Waals surface area contributed by atoms with E-state index in [4.69, 9.17) is 9.47 Å². The Labute approximate surface area is 175 Å². The van der Waals surface area contributed by atoms with E-state index in [1.54, 1.807) is 12.1 Å². The number of aliphatic hydroxyl groups is 1. The van der Waals surface area contributed by atoms with Crippen molar-refractivity contribution in [2.75, 3.05) is 19.8 Å². The number of rotatable bonds is 6. The van der Waals surface area contributed by atoms with Gasteiger partial charge in [0.05, 0.1) is 18.8 Å². The van der Waals surface area contributed by atoms with Gasteiger partial charge in [-0.05, 0) is 50.4 Å². The van der Waals surface area contributed by atoms with E-state index in [0.717, 1.165) is 5.56 Å². The zero-order chi connectivity index (χ0) is 22.0. The second-order valence-electron chi connectivity index (χ2n) is 9.42. The molecule has 1 spiro atoms. The van der Waals surface area contributed by atoms with Gasteiger partial charge in [-0.25, -0.2) is 0 Å². The number of hydrogen-bond acceptors (Lipinski definition) is 5. The third-order valence-electron chi connectivity index (χ3n) is 6.05. The van der Waals surface area contributed by atoms with Crippen LogP contribution in [0.2, 0.25) is 0 Å². The molecule has 8 heteroatoms. The van der Waals surface area contributed by atoms with Crippen molar-refractivity contribution in [3.8, 4) is 5.75 Å². The molecule has 170 valence electrons. The molecule has 0 aromatic heterocycles. The van der Waals surface area contributed by atoms with Gasteiger partial charge in [0.25, 0.3) is 0 Å². The van der Waals surface area contributed by atoms with Gasteiger partial charge in [0.1, 0.15) is 5.75 Å². The summed E-state index contributed by atoms with van der Waals surface area (Å²) in [5.74, 6) is -0.790. The van der Waals surface area contributed by atoms with Crippen LogP contribution >= 0.6 is 0 Å². The molecule has 5 nitrogen and oxygen atoms in total. The highest BCUT2D eigenvalue weighted by molar-refractivity contribution is 5.29. The first-order valence-electron chi connectivity index (χ1n) is 10.5. The molecule has 30 heavy (non-hydrogen) atoms. The van der Waals surface area contributed by atoms with E-state index in [-0.39, 0.29) is 17.2 Å². The molecule has 1 heterocycles. The summed E-state index contributed by atoms with van der Waals surface area (Å²) in [6.07, 6.45) is -1.51. The summed E-state index contributed by atoms with van der Waals surface area (Å²) < 4.78 is 52.7. The number of benzene rings is 1. The van der Waals surface area contributed by atoms with E-state index in [1.807, 2.05) is 6.92 Å². The van der Waals surface area contributed by atoms with Gasteiger partial charge in [-0.2, -0.15) is 0 Å². The lowest BCUT2D eigenvalue weighted by atomic mass is 9.78. The lowest BCUT2D eigenvalue weighted by molar-refractivity contribution is -0.319. The van der Waals surface area contributed by atoms with Gasteiger partial charge < -0.3 is 24.6 Å². The second kappa shape index (κ2) is 8.65. The quantitative estimate of drug-likeness (QED) is 0.684. The Hall–Kier alpha value is -1.35. The predicted molar refractivity (Wildman–Crippen MR) is 106 cm³/mol. The third kappa shape index (κ3) is 6.33. The normalized spacial score (nSPS) is 23.8. The number of ether oxygens (including phenoxy) is 3.